The summed E-state index contributed by atoms with van der Waals surface area (Å²) in [6.07, 6.45) is 0.644. The van der Waals surface area contributed by atoms with Gasteiger partial charge < -0.3 is 15.4 Å². The van der Waals surface area contributed by atoms with Gasteiger partial charge in [-0.15, -0.1) is 0 Å². The topological polar surface area (TPSA) is 87.7 Å². The van der Waals surface area contributed by atoms with Crippen molar-refractivity contribution >= 4 is 34.0 Å². The average molecular weight is 446 g/mol. The largest absolute Gasteiger partial charge is 0.466 e. The van der Waals surface area contributed by atoms with Gasteiger partial charge in [0, 0.05) is 17.6 Å². The quantitative estimate of drug-likeness (QED) is 0.414. The van der Waals surface area contributed by atoms with E-state index in [0.29, 0.717) is 18.3 Å². The smallest absolute Gasteiger partial charge is 0.337 e. The molecule has 0 fully saturated rings. The zero-order valence-corrected chi connectivity index (χ0v) is 16.2. The maximum atomic E-state index is 13.6. The average Bonchev–Trinajstić information content (AvgIpc) is 2.63. The van der Waals surface area contributed by atoms with Crippen LogP contribution in [0.1, 0.15) is 24.9 Å². The second-order valence-electron chi connectivity index (χ2n) is 5.66. The van der Waals surface area contributed by atoms with Gasteiger partial charge in [0.2, 0.25) is 0 Å². The van der Waals surface area contributed by atoms with E-state index in [1.54, 1.807) is 0 Å². The van der Waals surface area contributed by atoms with Crippen LogP contribution in [0.15, 0.2) is 29.5 Å². The predicted molar refractivity (Wildman–Crippen MR) is 96.0 cm³/mol. The summed E-state index contributed by atoms with van der Waals surface area (Å²) in [5.41, 5.74) is 0.122. The van der Waals surface area contributed by atoms with Crippen LogP contribution in [0, 0.1) is 11.6 Å². The second kappa shape index (κ2) is 8.94. The van der Waals surface area contributed by atoms with Crippen LogP contribution in [0.25, 0.3) is 0 Å². The summed E-state index contributed by atoms with van der Waals surface area (Å²) in [6, 6.07) is 0.405. The van der Waals surface area contributed by atoms with Gasteiger partial charge in [-0.2, -0.15) is 0 Å². The molecule has 2 rings (SSSR count). The van der Waals surface area contributed by atoms with E-state index < -0.39 is 35.7 Å². The molecule has 146 valence electrons. The second-order valence-corrected chi connectivity index (χ2v) is 6.45. The third kappa shape index (κ3) is 4.44. The number of amides is 4. The standard InChI is InChI=1S/C17H18BrF2N3O4/c1-9-13(15(24)27-2)14(10-4-5-11(19)12(20)8-10)22-17(26)23(9)16(25)21-7-3-6-18/h4-5,8,14H,3,6-7H2,1-2H3,(H,21,25)(H,22,26). The Balaban J connectivity index is 2.45. The Kier molecular flexibility index (Phi) is 6.89. The van der Waals surface area contributed by atoms with Crippen LogP contribution in [0.5, 0.6) is 0 Å². The highest BCUT2D eigenvalue weighted by atomic mass is 79.9. The maximum absolute atomic E-state index is 13.6. The van der Waals surface area contributed by atoms with Crippen LogP contribution in [0.2, 0.25) is 0 Å². The van der Waals surface area contributed by atoms with Gasteiger partial charge in [-0.3, -0.25) is 0 Å². The van der Waals surface area contributed by atoms with Gasteiger partial charge in [0.05, 0.1) is 18.7 Å². The number of imide groups is 1. The van der Waals surface area contributed by atoms with Gasteiger partial charge in [-0.25, -0.2) is 28.1 Å². The van der Waals surface area contributed by atoms with E-state index in [4.69, 9.17) is 4.74 Å². The van der Waals surface area contributed by atoms with Gasteiger partial charge in [-0.05, 0) is 31.0 Å². The third-order valence-corrected chi connectivity index (χ3v) is 4.52. The summed E-state index contributed by atoms with van der Waals surface area (Å²) in [4.78, 5) is 37.9. The molecule has 0 radical (unpaired) electrons. The number of hydrogen-bond acceptors (Lipinski definition) is 4. The third-order valence-electron chi connectivity index (χ3n) is 3.96. The van der Waals surface area contributed by atoms with Crippen LogP contribution >= 0.6 is 15.9 Å². The first-order valence-corrected chi connectivity index (χ1v) is 9.12. The van der Waals surface area contributed by atoms with Gasteiger partial charge in [0.1, 0.15) is 0 Å². The lowest BCUT2D eigenvalue weighted by Crippen LogP contribution is -2.53. The van der Waals surface area contributed by atoms with E-state index in [9.17, 15) is 23.2 Å². The van der Waals surface area contributed by atoms with Crippen molar-refractivity contribution in [2.45, 2.75) is 19.4 Å². The lowest BCUT2D eigenvalue weighted by molar-refractivity contribution is -0.136. The molecule has 1 aromatic rings. The molecule has 7 nitrogen and oxygen atoms in total. The summed E-state index contributed by atoms with van der Waals surface area (Å²) in [5, 5.41) is 5.70. The van der Waals surface area contributed by atoms with Crippen LogP contribution in [0.4, 0.5) is 18.4 Å². The van der Waals surface area contributed by atoms with Crippen LogP contribution in [-0.4, -0.2) is 41.9 Å². The number of ether oxygens (including phenoxy) is 1. The molecule has 4 amide bonds. The number of methoxy groups -OCH3 is 1. The van der Waals surface area contributed by atoms with Crippen LogP contribution < -0.4 is 10.6 Å². The molecule has 1 aliphatic heterocycles. The van der Waals surface area contributed by atoms with Crippen molar-refractivity contribution in [1.29, 1.82) is 0 Å². The molecule has 10 heteroatoms. The number of esters is 1. The molecular weight excluding hydrogens is 428 g/mol. The summed E-state index contributed by atoms with van der Waals surface area (Å²) >= 11 is 3.23. The van der Waals surface area contributed by atoms with E-state index in [1.807, 2.05) is 0 Å². The Hall–Kier alpha value is -2.49. The lowest BCUT2D eigenvalue weighted by atomic mass is 9.95. The molecule has 1 aromatic carbocycles. The first-order chi connectivity index (χ1) is 12.8. The van der Waals surface area contributed by atoms with Crippen molar-refractivity contribution in [3.8, 4) is 0 Å². The molecule has 0 bridgehead atoms. The minimum atomic E-state index is -1.13. The number of alkyl halides is 1. The van der Waals surface area contributed by atoms with Gasteiger partial charge in [-0.1, -0.05) is 22.0 Å². The molecule has 0 aliphatic carbocycles. The van der Waals surface area contributed by atoms with Crippen molar-refractivity contribution in [1.82, 2.24) is 15.5 Å². The minimum Gasteiger partial charge on any atom is -0.466 e. The molecule has 0 saturated carbocycles. The molecule has 27 heavy (non-hydrogen) atoms. The number of allylic oxidation sites excluding steroid dienone is 1. The minimum absolute atomic E-state index is 0.0386. The summed E-state index contributed by atoms with van der Waals surface area (Å²) in [6.45, 7) is 1.73. The highest BCUT2D eigenvalue weighted by Gasteiger charge is 2.39. The number of benzene rings is 1. The molecule has 2 N–H and O–H groups in total. The van der Waals surface area contributed by atoms with Crippen molar-refractivity contribution in [2.24, 2.45) is 0 Å². The highest BCUT2D eigenvalue weighted by molar-refractivity contribution is 9.09. The van der Waals surface area contributed by atoms with Gasteiger partial charge >= 0.3 is 18.0 Å². The molecule has 1 aliphatic rings. The molecule has 1 unspecified atom stereocenters. The fourth-order valence-corrected chi connectivity index (χ4v) is 2.93. The highest BCUT2D eigenvalue weighted by Crippen LogP contribution is 2.31. The number of urea groups is 2. The van der Waals surface area contributed by atoms with Crippen molar-refractivity contribution in [3.63, 3.8) is 0 Å². The van der Waals surface area contributed by atoms with Gasteiger partial charge in [0.25, 0.3) is 0 Å². The van der Waals surface area contributed by atoms with Crippen LogP contribution in [0.3, 0.4) is 0 Å². The maximum Gasteiger partial charge on any atom is 0.337 e. The van der Waals surface area contributed by atoms with E-state index in [1.165, 1.54) is 13.0 Å². The monoisotopic (exact) mass is 445 g/mol. The molecule has 1 atom stereocenters. The van der Waals surface area contributed by atoms with Crippen LogP contribution in [-0.2, 0) is 9.53 Å². The number of rotatable bonds is 5. The molecule has 1 heterocycles. The molecular formula is C17H18BrF2N3O4. The number of nitrogens with one attached hydrogen (secondary N) is 2. The Morgan fingerprint density at radius 1 is 1.33 bits per heavy atom. The predicted octanol–water partition coefficient (Wildman–Crippen LogP) is 2.97. The Morgan fingerprint density at radius 2 is 2.04 bits per heavy atom. The number of hydrogen-bond donors (Lipinski definition) is 2. The number of carbonyl (C=O) groups excluding carboxylic acids is 3. The summed E-state index contributed by atoms with van der Waals surface area (Å²) < 4.78 is 31.6. The SMILES string of the molecule is COC(=O)C1=C(C)N(C(=O)NCCCBr)C(=O)NC1c1ccc(F)c(F)c1. The van der Waals surface area contributed by atoms with Gasteiger partial charge in [0.15, 0.2) is 11.6 Å². The molecule has 0 spiro atoms. The van der Waals surface area contributed by atoms with E-state index in [0.717, 1.165) is 24.1 Å². The van der Waals surface area contributed by atoms with Crippen molar-refractivity contribution in [2.75, 3.05) is 19.0 Å². The fourth-order valence-electron chi connectivity index (χ4n) is 2.65. The summed E-state index contributed by atoms with van der Waals surface area (Å²) in [7, 11) is 1.14. The number of halogens is 3. The summed E-state index contributed by atoms with van der Waals surface area (Å²) in [5.74, 6) is -2.99. The van der Waals surface area contributed by atoms with E-state index in [-0.39, 0.29) is 16.8 Å². The lowest BCUT2D eigenvalue weighted by Gasteiger charge is -2.34. The number of nitrogens with zero attached hydrogens (tertiary/aromatic N) is 1. The van der Waals surface area contributed by atoms with Crippen molar-refractivity contribution < 1.29 is 27.9 Å². The Morgan fingerprint density at radius 3 is 2.63 bits per heavy atom. The molecule has 0 saturated heterocycles. The van der Waals surface area contributed by atoms with E-state index >= 15 is 0 Å². The Labute approximate surface area is 162 Å². The molecule has 0 aromatic heterocycles. The zero-order chi connectivity index (χ0) is 20.1. The van der Waals surface area contributed by atoms with E-state index in [2.05, 4.69) is 26.6 Å². The Bertz CT molecular complexity index is 800. The first kappa shape index (κ1) is 20.8. The fraction of sp³-hybridized carbons (Fsp3) is 0.353. The van der Waals surface area contributed by atoms with Crippen molar-refractivity contribution in [3.05, 3.63) is 46.7 Å². The zero-order valence-electron chi connectivity index (χ0n) is 14.6. The first-order valence-electron chi connectivity index (χ1n) is 8.00. The normalized spacial score (nSPS) is 16.9. The number of carbonyl (C=O) groups is 3.